The molecule has 0 aliphatic carbocycles. The van der Waals surface area contributed by atoms with Crippen molar-refractivity contribution in [1.29, 1.82) is 0 Å². The lowest BCUT2D eigenvalue weighted by atomic mass is 10.0. The number of phenolic OH excluding ortho intramolecular Hbond substituents is 1. The molecule has 2 N–H and O–H groups in total. The van der Waals surface area contributed by atoms with Crippen LogP contribution >= 0.6 is 11.3 Å². The molecule has 3 rings (SSSR count). The molecule has 1 aliphatic rings. The second kappa shape index (κ2) is 3.88. The largest absolute Gasteiger partial charge is 0.508 e. The lowest BCUT2D eigenvalue weighted by Crippen LogP contribution is -2.40. The molecule has 0 amide bonds. The molecule has 1 saturated heterocycles. The lowest BCUT2D eigenvalue weighted by molar-refractivity contribution is 0.441. The van der Waals surface area contributed by atoms with Crippen molar-refractivity contribution in [3.63, 3.8) is 0 Å². The Morgan fingerprint density at radius 1 is 1.38 bits per heavy atom. The zero-order valence-electron chi connectivity index (χ0n) is 8.68. The number of rotatable bonds is 2. The van der Waals surface area contributed by atoms with Gasteiger partial charge in [0.05, 0.1) is 5.69 Å². The first-order valence-corrected chi connectivity index (χ1v) is 6.16. The molecule has 2 heterocycles. The second-order valence-corrected chi connectivity index (χ2v) is 4.84. The standard InChI is InChI=1S/C12H12N2OS/c15-10-3-1-2-8(4-10)12-14-11(7-16-12)9-5-13-6-9/h1-4,7,9,13,15H,5-6H2. The van der Waals surface area contributed by atoms with Crippen molar-refractivity contribution in [2.24, 2.45) is 0 Å². The molecular weight excluding hydrogens is 220 g/mol. The highest BCUT2D eigenvalue weighted by atomic mass is 32.1. The zero-order chi connectivity index (χ0) is 11.0. The maximum Gasteiger partial charge on any atom is 0.123 e. The van der Waals surface area contributed by atoms with Gasteiger partial charge in [-0.05, 0) is 12.1 Å². The van der Waals surface area contributed by atoms with Crippen LogP contribution in [0.2, 0.25) is 0 Å². The van der Waals surface area contributed by atoms with Crippen molar-refractivity contribution in [3.8, 4) is 16.3 Å². The summed E-state index contributed by atoms with van der Waals surface area (Å²) in [6.07, 6.45) is 0. The number of hydrogen-bond acceptors (Lipinski definition) is 4. The summed E-state index contributed by atoms with van der Waals surface area (Å²) in [7, 11) is 0. The summed E-state index contributed by atoms with van der Waals surface area (Å²) in [5.41, 5.74) is 2.16. The van der Waals surface area contributed by atoms with E-state index in [0.29, 0.717) is 11.7 Å². The first kappa shape index (κ1) is 9.81. The van der Waals surface area contributed by atoms with Crippen LogP contribution in [0, 0.1) is 0 Å². The number of thiazole rings is 1. The number of hydrogen-bond donors (Lipinski definition) is 2. The van der Waals surface area contributed by atoms with Crippen LogP contribution in [-0.2, 0) is 0 Å². The van der Waals surface area contributed by atoms with Crippen LogP contribution in [0.4, 0.5) is 0 Å². The number of aromatic hydroxyl groups is 1. The van der Waals surface area contributed by atoms with Gasteiger partial charge in [0.1, 0.15) is 10.8 Å². The van der Waals surface area contributed by atoms with Crippen LogP contribution in [0.5, 0.6) is 5.75 Å². The minimum absolute atomic E-state index is 0.291. The molecule has 1 fully saturated rings. The summed E-state index contributed by atoms with van der Waals surface area (Å²) in [4.78, 5) is 4.61. The molecule has 3 nitrogen and oxygen atoms in total. The van der Waals surface area contributed by atoms with Crippen molar-refractivity contribution < 1.29 is 5.11 Å². The molecular formula is C12H12N2OS. The fourth-order valence-electron chi connectivity index (χ4n) is 1.74. The Hall–Kier alpha value is -1.39. The summed E-state index contributed by atoms with van der Waals surface area (Å²) in [6, 6.07) is 7.24. The van der Waals surface area contributed by atoms with Crippen molar-refractivity contribution in [2.45, 2.75) is 5.92 Å². The summed E-state index contributed by atoms with van der Waals surface area (Å²) in [5, 5.41) is 15.8. The minimum Gasteiger partial charge on any atom is -0.508 e. The van der Waals surface area contributed by atoms with Crippen molar-refractivity contribution in [2.75, 3.05) is 13.1 Å². The van der Waals surface area contributed by atoms with Crippen LogP contribution in [0.1, 0.15) is 11.6 Å². The van der Waals surface area contributed by atoms with Crippen molar-refractivity contribution >= 4 is 11.3 Å². The molecule has 1 aromatic heterocycles. The number of benzene rings is 1. The predicted molar refractivity (Wildman–Crippen MR) is 64.8 cm³/mol. The van der Waals surface area contributed by atoms with E-state index in [1.807, 2.05) is 12.1 Å². The van der Waals surface area contributed by atoms with Gasteiger partial charge in [0.15, 0.2) is 0 Å². The van der Waals surface area contributed by atoms with E-state index >= 15 is 0 Å². The average molecular weight is 232 g/mol. The van der Waals surface area contributed by atoms with E-state index in [1.54, 1.807) is 23.5 Å². The fraction of sp³-hybridized carbons (Fsp3) is 0.250. The molecule has 1 aliphatic heterocycles. The van der Waals surface area contributed by atoms with Crippen molar-refractivity contribution in [1.82, 2.24) is 10.3 Å². The number of aromatic nitrogens is 1. The second-order valence-electron chi connectivity index (χ2n) is 3.98. The molecule has 0 saturated carbocycles. The molecule has 2 aromatic rings. The van der Waals surface area contributed by atoms with E-state index in [1.165, 1.54) is 5.69 Å². The molecule has 16 heavy (non-hydrogen) atoms. The van der Waals surface area contributed by atoms with Gasteiger partial charge in [-0.1, -0.05) is 12.1 Å². The SMILES string of the molecule is Oc1cccc(-c2nc(C3CNC3)cs2)c1. The third-order valence-electron chi connectivity index (χ3n) is 2.81. The maximum absolute atomic E-state index is 9.41. The van der Waals surface area contributed by atoms with Gasteiger partial charge in [0, 0.05) is 30.0 Å². The summed E-state index contributed by atoms with van der Waals surface area (Å²) >= 11 is 1.64. The molecule has 0 bridgehead atoms. The molecule has 0 unspecified atom stereocenters. The first-order chi connectivity index (χ1) is 7.83. The van der Waals surface area contributed by atoms with E-state index in [-0.39, 0.29) is 0 Å². The normalized spacial score (nSPS) is 16.0. The maximum atomic E-state index is 9.41. The monoisotopic (exact) mass is 232 g/mol. The quantitative estimate of drug-likeness (QED) is 0.834. The molecule has 0 radical (unpaired) electrons. The average Bonchev–Trinajstić information content (AvgIpc) is 2.64. The molecule has 0 spiro atoms. The van der Waals surface area contributed by atoms with E-state index in [4.69, 9.17) is 0 Å². The molecule has 4 heteroatoms. The first-order valence-electron chi connectivity index (χ1n) is 5.28. The smallest absolute Gasteiger partial charge is 0.123 e. The highest BCUT2D eigenvalue weighted by Gasteiger charge is 2.21. The Labute approximate surface area is 97.8 Å². The Morgan fingerprint density at radius 3 is 2.94 bits per heavy atom. The van der Waals surface area contributed by atoms with Crippen molar-refractivity contribution in [3.05, 3.63) is 35.3 Å². The molecule has 0 atom stereocenters. The van der Waals surface area contributed by atoms with Gasteiger partial charge in [0.2, 0.25) is 0 Å². The Kier molecular flexibility index (Phi) is 2.38. The highest BCUT2D eigenvalue weighted by molar-refractivity contribution is 7.13. The van der Waals surface area contributed by atoms with Crippen LogP contribution in [0.15, 0.2) is 29.6 Å². The van der Waals surface area contributed by atoms with E-state index in [2.05, 4.69) is 15.7 Å². The van der Waals surface area contributed by atoms with Gasteiger partial charge in [-0.25, -0.2) is 4.98 Å². The zero-order valence-corrected chi connectivity index (χ0v) is 9.50. The minimum atomic E-state index is 0.291. The summed E-state index contributed by atoms with van der Waals surface area (Å²) in [6.45, 7) is 2.06. The Morgan fingerprint density at radius 2 is 2.25 bits per heavy atom. The van der Waals surface area contributed by atoms with Gasteiger partial charge in [-0.2, -0.15) is 0 Å². The van der Waals surface area contributed by atoms with Gasteiger partial charge >= 0.3 is 0 Å². The fourth-order valence-corrected chi connectivity index (χ4v) is 2.64. The Bertz CT molecular complexity index is 505. The summed E-state index contributed by atoms with van der Waals surface area (Å²) in [5.74, 6) is 0.863. The van der Waals surface area contributed by atoms with Gasteiger partial charge in [-0.15, -0.1) is 11.3 Å². The number of nitrogens with one attached hydrogen (secondary N) is 1. The van der Waals surface area contributed by atoms with Crippen LogP contribution in [0.3, 0.4) is 0 Å². The number of nitrogens with zero attached hydrogens (tertiary/aromatic N) is 1. The van der Waals surface area contributed by atoms with E-state index in [9.17, 15) is 5.11 Å². The van der Waals surface area contributed by atoms with Crippen LogP contribution in [0.25, 0.3) is 10.6 Å². The van der Waals surface area contributed by atoms with Gasteiger partial charge < -0.3 is 10.4 Å². The van der Waals surface area contributed by atoms with Crippen LogP contribution in [-0.4, -0.2) is 23.2 Å². The lowest BCUT2D eigenvalue weighted by Gasteiger charge is -2.25. The third kappa shape index (κ3) is 1.70. The third-order valence-corrected chi connectivity index (χ3v) is 3.72. The van der Waals surface area contributed by atoms with Gasteiger partial charge in [0.25, 0.3) is 0 Å². The van der Waals surface area contributed by atoms with E-state index < -0.39 is 0 Å². The Balaban J connectivity index is 1.91. The highest BCUT2D eigenvalue weighted by Crippen LogP contribution is 2.29. The topological polar surface area (TPSA) is 45.2 Å². The van der Waals surface area contributed by atoms with Crippen LogP contribution < -0.4 is 5.32 Å². The van der Waals surface area contributed by atoms with Gasteiger partial charge in [-0.3, -0.25) is 0 Å². The molecule has 1 aromatic carbocycles. The predicted octanol–water partition coefficient (Wildman–Crippen LogP) is 2.20. The number of phenols is 1. The molecule has 82 valence electrons. The van der Waals surface area contributed by atoms with E-state index in [0.717, 1.165) is 23.7 Å². The summed E-state index contributed by atoms with van der Waals surface area (Å²) < 4.78 is 0.